The summed E-state index contributed by atoms with van der Waals surface area (Å²) in [5, 5.41) is 2.43. The van der Waals surface area contributed by atoms with Crippen molar-refractivity contribution < 1.29 is 0 Å². The van der Waals surface area contributed by atoms with Crippen LogP contribution in [0, 0.1) is 0 Å². The van der Waals surface area contributed by atoms with E-state index in [1.807, 2.05) is 26.1 Å². The molecular formula is C12H18N2. The summed E-state index contributed by atoms with van der Waals surface area (Å²) in [7, 11) is 0. The average Bonchev–Trinajstić information content (AvgIpc) is 2.58. The number of hydrogen-bond acceptors (Lipinski definition) is 1. The van der Waals surface area contributed by atoms with Crippen LogP contribution in [0.2, 0.25) is 0 Å². The van der Waals surface area contributed by atoms with Crippen molar-refractivity contribution in [3.63, 3.8) is 0 Å². The quantitative estimate of drug-likeness (QED) is 0.723. The molecule has 1 aromatic heterocycles. The number of rotatable bonds is 3. The predicted octanol–water partition coefficient (Wildman–Crippen LogP) is 0.673. The van der Waals surface area contributed by atoms with Gasteiger partial charge in [0.05, 0.1) is 0 Å². The molecule has 0 unspecified atom stereocenters. The summed E-state index contributed by atoms with van der Waals surface area (Å²) >= 11 is 0. The van der Waals surface area contributed by atoms with E-state index in [9.17, 15) is 0 Å². The molecule has 0 atom stereocenters. The maximum absolute atomic E-state index is 5.55. The molecule has 1 aromatic rings. The van der Waals surface area contributed by atoms with Crippen LogP contribution in [0.5, 0.6) is 0 Å². The molecule has 0 fully saturated rings. The van der Waals surface area contributed by atoms with E-state index in [4.69, 9.17) is 5.73 Å². The summed E-state index contributed by atoms with van der Waals surface area (Å²) < 4.78 is 0. The van der Waals surface area contributed by atoms with E-state index in [1.54, 1.807) is 0 Å². The van der Waals surface area contributed by atoms with E-state index in [0.29, 0.717) is 6.54 Å². The maximum Gasteiger partial charge on any atom is 0.0413 e. The number of nitrogens with two attached hydrogens (primary N) is 1. The zero-order valence-corrected chi connectivity index (χ0v) is 8.88. The number of hydrogen-bond donors (Lipinski definition) is 2. The Hall–Kier alpha value is -1.28. The molecule has 2 nitrogen and oxygen atoms in total. The van der Waals surface area contributed by atoms with E-state index in [2.05, 4.69) is 23.2 Å². The molecule has 2 heteroatoms. The lowest BCUT2D eigenvalue weighted by Crippen LogP contribution is -2.25. The third kappa shape index (κ3) is 2.36. The molecule has 0 saturated carbocycles. The summed E-state index contributed by atoms with van der Waals surface area (Å²) in [4.78, 5) is 3.24. The predicted molar refractivity (Wildman–Crippen MR) is 62.2 cm³/mol. The standard InChI is InChI=1S/C12H18N2/c1-3-5-6-11-10(7-8-13)9-14-12(11)4-2/h3-6,9,14H,7-8,13H2,1-2H3/b5-3-,11-6-,12-4+. The van der Waals surface area contributed by atoms with E-state index < -0.39 is 0 Å². The lowest BCUT2D eigenvalue weighted by atomic mass is 10.2. The first kappa shape index (κ1) is 10.8. The molecule has 0 aromatic carbocycles. The van der Waals surface area contributed by atoms with Crippen LogP contribution in [0.3, 0.4) is 0 Å². The number of H-pyrrole nitrogens is 1. The molecule has 3 N–H and O–H groups in total. The topological polar surface area (TPSA) is 41.8 Å². The van der Waals surface area contributed by atoms with Gasteiger partial charge >= 0.3 is 0 Å². The van der Waals surface area contributed by atoms with Gasteiger partial charge in [0.25, 0.3) is 0 Å². The van der Waals surface area contributed by atoms with Crippen molar-refractivity contribution in [2.75, 3.05) is 6.54 Å². The first-order chi connectivity index (χ1) is 6.83. The van der Waals surface area contributed by atoms with Crippen molar-refractivity contribution in [3.8, 4) is 0 Å². The van der Waals surface area contributed by atoms with Crippen LogP contribution in [0.1, 0.15) is 19.4 Å². The minimum Gasteiger partial charge on any atom is -0.361 e. The van der Waals surface area contributed by atoms with Gasteiger partial charge in [-0.15, -0.1) is 0 Å². The molecule has 76 valence electrons. The Bertz CT molecular complexity index is 410. The second-order valence-electron chi connectivity index (χ2n) is 3.16. The molecule has 0 amide bonds. The monoisotopic (exact) mass is 190 g/mol. The molecule has 0 aliphatic heterocycles. The van der Waals surface area contributed by atoms with Crippen LogP contribution >= 0.6 is 0 Å². The summed E-state index contributed by atoms with van der Waals surface area (Å²) in [6.07, 6.45) is 11.2. The van der Waals surface area contributed by atoms with Gasteiger partial charge in [-0.2, -0.15) is 0 Å². The zero-order chi connectivity index (χ0) is 10.4. The van der Waals surface area contributed by atoms with Crippen LogP contribution < -0.4 is 16.3 Å². The van der Waals surface area contributed by atoms with E-state index in [1.165, 1.54) is 16.1 Å². The van der Waals surface area contributed by atoms with E-state index in [0.717, 1.165) is 6.42 Å². The molecule has 0 aliphatic carbocycles. The average molecular weight is 190 g/mol. The lowest BCUT2D eigenvalue weighted by molar-refractivity contribution is 0.965. The Morgan fingerprint density at radius 3 is 2.79 bits per heavy atom. The highest BCUT2D eigenvalue weighted by molar-refractivity contribution is 5.41. The van der Waals surface area contributed by atoms with E-state index >= 15 is 0 Å². The molecule has 1 rings (SSSR count). The van der Waals surface area contributed by atoms with Gasteiger partial charge in [0, 0.05) is 16.8 Å². The SMILES string of the molecule is C\C=C/C=c1/c(CCN)c[nH]/c1=C/C. The fourth-order valence-corrected chi connectivity index (χ4v) is 1.48. The van der Waals surface area contributed by atoms with Gasteiger partial charge in [-0.25, -0.2) is 0 Å². The summed E-state index contributed by atoms with van der Waals surface area (Å²) in [5.74, 6) is 0. The third-order valence-corrected chi connectivity index (χ3v) is 2.20. The second-order valence-corrected chi connectivity index (χ2v) is 3.16. The minimum atomic E-state index is 0.692. The Kier molecular flexibility index (Phi) is 4.20. The van der Waals surface area contributed by atoms with E-state index in [-0.39, 0.29) is 0 Å². The fraction of sp³-hybridized carbons (Fsp3) is 0.333. The zero-order valence-electron chi connectivity index (χ0n) is 8.88. The molecule has 14 heavy (non-hydrogen) atoms. The van der Waals surface area contributed by atoms with Crippen molar-refractivity contribution in [2.45, 2.75) is 20.3 Å². The maximum atomic E-state index is 5.55. The summed E-state index contributed by atoms with van der Waals surface area (Å²) in [5.41, 5.74) is 6.84. The van der Waals surface area contributed by atoms with Crippen LogP contribution in [0.4, 0.5) is 0 Å². The van der Waals surface area contributed by atoms with Crippen molar-refractivity contribution in [2.24, 2.45) is 5.73 Å². The Labute approximate surface area is 84.8 Å². The smallest absolute Gasteiger partial charge is 0.0413 e. The molecular weight excluding hydrogens is 172 g/mol. The normalized spacial score (nSPS) is 14.5. The fourth-order valence-electron chi connectivity index (χ4n) is 1.48. The Balaban J connectivity index is 3.27. The summed E-state index contributed by atoms with van der Waals surface area (Å²) in [6.45, 7) is 4.74. The minimum absolute atomic E-state index is 0.692. The highest BCUT2D eigenvalue weighted by atomic mass is 14.7. The van der Waals surface area contributed by atoms with Crippen LogP contribution in [0.25, 0.3) is 12.2 Å². The van der Waals surface area contributed by atoms with Crippen LogP contribution in [0.15, 0.2) is 18.3 Å². The van der Waals surface area contributed by atoms with Crippen molar-refractivity contribution in [1.29, 1.82) is 0 Å². The first-order valence-electron chi connectivity index (χ1n) is 4.99. The summed E-state index contributed by atoms with van der Waals surface area (Å²) in [6, 6.07) is 0. The highest BCUT2D eigenvalue weighted by Crippen LogP contribution is 1.87. The molecule has 0 radical (unpaired) electrons. The van der Waals surface area contributed by atoms with Gasteiger partial charge in [-0.1, -0.05) is 24.3 Å². The second kappa shape index (κ2) is 5.45. The van der Waals surface area contributed by atoms with Gasteiger partial charge in [0.2, 0.25) is 0 Å². The van der Waals surface area contributed by atoms with Gasteiger partial charge < -0.3 is 10.7 Å². The molecule has 0 spiro atoms. The van der Waals surface area contributed by atoms with Crippen LogP contribution in [-0.2, 0) is 6.42 Å². The van der Waals surface area contributed by atoms with Gasteiger partial charge in [-0.05, 0) is 32.4 Å². The third-order valence-electron chi connectivity index (χ3n) is 2.20. The molecule has 0 bridgehead atoms. The van der Waals surface area contributed by atoms with Gasteiger partial charge in [-0.3, -0.25) is 0 Å². The van der Waals surface area contributed by atoms with Crippen molar-refractivity contribution >= 4 is 12.2 Å². The lowest BCUT2D eigenvalue weighted by Gasteiger charge is -1.91. The van der Waals surface area contributed by atoms with Crippen molar-refractivity contribution in [3.05, 3.63) is 34.5 Å². The van der Waals surface area contributed by atoms with Gasteiger partial charge in [0.15, 0.2) is 0 Å². The highest BCUT2D eigenvalue weighted by Gasteiger charge is 1.96. The van der Waals surface area contributed by atoms with Crippen molar-refractivity contribution in [1.82, 2.24) is 4.98 Å². The number of aromatic nitrogens is 1. The number of allylic oxidation sites excluding steroid dienone is 2. The first-order valence-corrected chi connectivity index (χ1v) is 4.99. The Morgan fingerprint density at radius 2 is 2.21 bits per heavy atom. The molecule has 0 saturated heterocycles. The number of aromatic amines is 1. The van der Waals surface area contributed by atoms with Crippen LogP contribution in [-0.4, -0.2) is 11.5 Å². The largest absolute Gasteiger partial charge is 0.361 e. The molecule has 0 aliphatic rings. The van der Waals surface area contributed by atoms with Gasteiger partial charge in [0.1, 0.15) is 0 Å². The molecule has 1 heterocycles. The Morgan fingerprint density at radius 1 is 1.43 bits per heavy atom. The number of nitrogens with one attached hydrogen (secondary N) is 1.